The molecule has 0 atom stereocenters. The molecule has 0 heterocycles. The molecule has 0 aromatic heterocycles. The summed E-state index contributed by atoms with van der Waals surface area (Å²) in [7, 11) is 0. The van der Waals surface area contributed by atoms with Crippen LogP contribution in [0.2, 0.25) is 0 Å². The Hall–Kier alpha value is -3.26. The Morgan fingerprint density at radius 2 is 1.75 bits per heavy atom. The Bertz CT molecular complexity index is 1070. The topological polar surface area (TPSA) is 72.2 Å². The lowest BCUT2D eigenvalue weighted by atomic mass is 10.1. The van der Waals surface area contributed by atoms with E-state index in [0.29, 0.717) is 10.5 Å². The number of rotatable bonds is 5. The number of carbonyl (C=O) groups is 1. The van der Waals surface area contributed by atoms with Crippen LogP contribution in [0.25, 0.3) is 0 Å². The van der Waals surface area contributed by atoms with E-state index < -0.39 is 22.5 Å². The maximum atomic E-state index is 14.1. The van der Waals surface area contributed by atoms with Crippen molar-refractivity contribution in [1.29, 1.82) is 0 Å². The quantitative estimate of drug-likeness (QED) is 0.448. The number of anilines is 1. The Labute approximate surface area is 163 Å². The summed E-state index contributed by atoms with van der Waals surface area (Å²) in [5.41, 5.74) is 0.278. The first-order chi connectivity index (χ1) is 13.3. The third-order valence-electron chi connectivity index (χ3n) is 3.85. The first kappa shape index (κ1) is 19.5. The van der Waals surface area contributed by atoms with Gasteiger partial charge in [-0.05, 0) is 42.8 Å². The van der Waals surface area contributed by atoms with Gasteiger partial charge in [-0.1, -0.05) is 30.0 Å². The van der Waals surface area contributed by atoms with Crippen molar-refractivity contribution in [3.05, 3.63) is 93.5 Å². The van der Waals surface area contributed by atoms with E-state index in [9.17, 15) is 23.7 Å². The minimum atomic E-state index is -0.731. The van der Waals surface area contributed by atoms with Crippen LogP contribution in [0.3, 0.4) is 0 Å². The van der Waals surface area contributed by atoms with Gasteiger partial charge in [-0.25, -0.2) is 8.78 Å². The van der Waals surface area contributed by atoms with Crippen LogP contribution in [0.15, 0.2) is 70.5 Å². The molecule has 3 aromatic rings. The third-order valence-corrected chi connectivity index (χ3v) is 4.97. The molecular formula is C20H14F2N2O3S. The van der Waals surface area contributed by atoms with Gasteiger partial charge in [0.15, 0.2) is 0 Å². The van der Waals surface area contributed by atoms with E-state index >= 15 is 0 Å². The fraction of sp³-hybridized carbons (Fsp3) is 0.0500. The van der Waals surface area contributed by atoms with E-state index in [1.807, 2.05) is 0 Å². The zero-order valence-electron chi connectivity index (χ0n) is 14.6. The summed E-state index contributed by atoms with van der Waals surface area (Å²) in [6.45, 7) is 1.71. The van der Waals surface area contributed by atoms with Gasteiger partial charge >= 0.3 is 0 Å². The zero-order valence-corrected chi connectivity index (χ0v) is 15.4. The van der Waals surface area contributed by atoms with Gasteiger partial charge in [0.25, 0.3) is 11.6 Å². The highest BCUT2D eigenvalue weighted by molar-refractivity contribution is 7.99. The standard InChI is InChI=1S/C20H14F2N2O3S/c1-12-6-8-17(16(22)10-12)23-20(25)14-11-13(24(26)27)7-9-18(14)28-19-5-3-2-4-15(19)21/h2-11H,1H3,(H,23,25). The summed E-state index contributed by atoms with van der Waals surface area (Å²) in [4.78, 5) is 23.7. The highest BCUT2D eigenvalue weighted by Crippen LogP contribution is 2.34. The summed E-state index contributed by atoms with van der Waals surface area (Å²) in [6.07, 6.45) is 0. The molecule has 3 rings (SSSR count). The number of aryl methyl sites for hydroxylation is 1. The van der Waals surface area contributed by atoms with E-state index in [1.54, 1.807) is 19.1 Å². The number of halogens is 2. The molecule has 0 spiro atoms. The minimum absolute atomic E-state index is 0.0519. The number of nitrogens with one attached hydrogen (secondary N) is 1. The second kappa shape index (κ2) is 8.18. The SMILES string of the molecule is Cc1ccc(NC(=O)c2cc([N+](=O)[O-])ccc2Sc2ccccc2F)c(F)c1. The van der Waals surface area contributed by atoms with Crippen molar-refractivity contribution in [3.63, 3.8) is 0 Å². The summed E-state index contributed by atoms with van der Waals surface area (Å²) >= 11 is 0.955. The van der Waals surface area contributed by atoms with E-state index in [-0.39, 0.29) is 21.8 Å². The zero-order chi connectivity index (χ0) is 20.3. The fourth-order valence-corrected chi connectivity index (χ4v) is 3.40. The number of hydrogen-bond donors (Lipinski definition) is 1. The second-order valence-corrected chi connectivity index (χ2v) is 6.99. The van der Waals surface area contributed by atoms with Crippen LogP contribution < -0.4 is 5.32 Å². The molecule has 0 unspecified atom stereocenters. The number of amides is 1. The van der Waals surface area contributed by atoms with Crippen molar-refractivity contribution >= 4 is 29.0 Å². The number of nitrogens with zero attached hydrogens (tertiary/aromatic N) is 1. The highest BCUT2D eigenvalue weighted by atomic mass is 32.2. The van der Waals surface area contributed by atoms with Gasteiger partial charge in [0.05, 0.1) is 16.2 Å². The molecule has 0 bridgehead atoms. The monoisotopic (exact) mass is 400 g/mol. The van der Waals surface area contributed by atoms with Crippen LogP contribution in [-0.2, 0) is 0 Å². The lowest BCUT2D eigenvalue weighted by Crippen LogP contribution is -2.14. The minimum Gasteiger partial charge on any atom is -0.319 e. The molecule has 3 aromatic carbocycles. The van der Waals surface area contributed by atoms with Crippen LogP contribution in [0.4, 0.5) is 20.2 Å². The number of nitro groups is 1. The molecular weight excluding hydrogens is 386 g/mol. The lowest BCUT2D eigenvalue weighted by molar-refractivity contribution is -0.384. The van der Waals surface area contributed by atoms with Crippen LogP contribution in [-0.4, -0.2) is 10.8 Å². The molecule has 0 aliphatic rings. The molecule has 0 radical (unpaired) electrons. The normalized spacial score (nSPS) is 10.5. The van der Waals surface area contributed by atoms with E-state index in [0.717, 1.165) is 17.8 Å². The number of carbonyl (C=O) groups excluding carboxylic acids is 1. The molecule has 28 heavy (non-hydrogen) atoms. The van der Waals surface area contributed by atoms with E-state index in [1.165, 1.54) is 42.5 Å². The van der Waals surface area contributed by atoms with Crippen molar-refractivity contribution in [3.8, 4) is 0 Å². The molecule has 142 valence electrons. The van der Waals surface area contributed by atoms with Gasteiger partial charge in [-0.3, -0.25) is 14.9 Å². The average Bonchev–Trinajstić information content (AvgIpc) is 2.66. The molecule has 0 saturated heterocycles. The maximum Gasteiger partial charge on any atom is 0.270 e. The fourth-order valence-electron chi connectivity index (χ4n) is 2.46. The summed E-state index contributed by atoms with van der Waals surface area (Å²) in [5, 5.41) is 13.5. The molecule has 0 fully saturated rings. The summed E-state index contributed by atoms with van der Waals surface area (Å²) < 4.78 is 28.0. The predicted octanol–water partition coefficient (Wildman–Crippen LogP) is 5.58. The number of nitro benzene ring substituents is 1. The molecule has 1 amide bonds. The first-order valence-corrected chi connectivity index (χ1v) is 8.95. The van der Waals surface area contributed by atoms with E-state index in [4.69, 9.17) is 0 Å². The molecule has 0 saturated carbocycles. The van der Waals surface area contributed by atoms with Gasteiger partial charge in [-0.15, -0.1) is 0 Å². The van der Waals surface area contributed by atoms with Crippen LogP contribution >= 0.6 is 11.8 Å². The molecule has 0 aliphatic carbocycles. The van der Waals surface area contributed by atoms with Crippen molar-refractivity contribution < 1.29 is 18.5 Å². The van der Waals surface area contributed by atoms with Gasteiger partial charge in [0.1, 0.15) is 11.6 Å². The lowest BCUT2D eigenvalue weighted by Gasteiger charge is -2.11. The summed E-state index contributed by atoms with van der Waals surface area (Å²) in [5.74, 6) is -1.84. The predicted molar refractivity (Wildman–Crippen MR) is 103 cm³/mol. The van der Waals surface area contributed by atoms with Gasteiger partial charge in [0.2, 0.25) is 0 Å². The number of hydrogen-bond acceptors (Lipinski definition) is 4. The average molecular weight is 400 g/mol. The number of benzene rings is 3. The van der Waals surface area contributed by atoms with Crippen LogP contribution in [0.1, 0.15) is 15.9 Å². The van der Waals surface area contributed by atoms with Crippen molar-refractivity contribution in [1.82, 2.24) is 0 Å². The highest BCUT2D eigenvalue weighted by Gasteiger charge is 2.19. The number of non-ortho nitro benzene ring substituents is 1. The van der Waals surface area contributed by atoms with Crippen molar-refractivity contribution in [2.75, 3.05) is 5.32 Å². The smallest absolute Gasteiger partial charge is 0.270 e. The third kappa shape index (κ3) is 4.34. The van der Waals surface area contributed by atoms with Gasteiger partial charge in [0, 0.05) is 21.9 Å². The molecule has 5 nitrogen and oxygen atoms in total. The maximum absolute atomic E-state index is 14.1. The molecule has 1 N–H and O–H groups in total. The van der Waals surface area contributed by atoms with E-state index in [2.05, 4.69) is 5.32 Å². The Balaban J connectivity index is 1.98. The van der Waals surface area contributed by atoms with Gasteiger partial charge in [-0.2, -0.15) is 0 Å². The molecule has 8 heteroatoms. The molecule has 0 aliphatic heterocycles. The second-order valence-electron chi connectivity index (χ2n) is 5.91. The van der Waals surface area contributed by atoms with Crippen LogP contribution in [0.5, 0.6) is 0 Å². The summed E-state index contributed by atoms with van der Waals surface area (Å²) in [6, 6.07) is 14.0. The van der Waals surface area contributed by atoms with Gasteiger partial charge < -0.3 is 5.32 Å². The Morgan fingerprint density at radius 3 is 2.43 bits per heavy atom. The van der Waals surface area contributed by atoms with Crippen LogP contribution in [0, 0.1) is 28.7 Å². The van der Waals surface area contributed by atoms with Crippen molar-refractivity contribution in [2.24, 2.45) is 0 Å². The first-order valence-electron chi connectivity index (χ1n) is 8.13. The van der Waals surface area contributed by atoms with Crippen molar-refractivity contribution in [2.45, 2.75) is 16.7 Å². The largest absolute Gasteiger partial charge is 0.319 e. The Morgan fingerprint density at radius 1 is 1.00 bits per heavy atom. The Kier molecular flexibility index (Phi) is 5.70.